The van der Waals surface area contributed by atoms with Gasteiger partial charge in [0.25, 0.3) is 0 Å². The van der Waals surface area contributed by atoms with Gasteiger partial charge in [0.05, 0.1) is 23.4 Å². The van der Waals surface area contributed by atoms with Crippen LogP contribution in [0.4, 0.5) is 4.39 Å². The standard InChI is InChI=1S/C16H19FN2OS/c1-2-16-18-14(11-21-16)9-19-7-8-20-15(10-19)12-3-5-13(17)6-4-12/h3-6,11,15H,2,7-10H2,1H3. The van der Waals surface area contributed by atoms with Gasteiger partial charge in [-0.25, -0.2) is 9.37 Å². The zero-order valence-electron chi connectivity index (χ0n) is 12.1. The Bertz CT molecular complexity index is 584. The molecule has 0 amide bonds. The number of aryl methyl sites for hydroxylation is 1. The Morgan fingerprint density at radius 1 is 1.38 bits per heavy atom. The minimum absolute atomic E-state index is 0.0173. The molecule has 0 bridgehead atoms. The van der Waals surface area contributed by atoms with Crippen molar-refractivity contribution in [1.29, 1.82) is 0 Å². The van der Waals surface area contributed by atoms with Crippen LogP contribution >= 0.6 is 11.3 Å². The van der Waals surface area contributed by atoms with E-state index < -0.39 is 0 Å². The molecule has 2 aromatic rings. The zero-order chi connectivity index (χ0) is 14.7. The van der Waals surface area contributed by atoms with Crippen LogP contribution in [0.1, 0.15) is 29.3 Å². The van der Waals surface area contributed by atoms with E-state index in [4.69, 9.17) is 4.74 Å². The Morgan fingerprint density at radius 3 is 2.90 bits per heavy atom. The van der Waals surface area contributed by atoms with Crippen LogP contribution in [-0.2, 0) is 17.7 Å². The molecule has 1 aliphatic rings. The molecule has 3 nitrogen and oxygen atoms in total. The molecule has 0 saturated carbocycles. The van der Waals surface area contributed by atoms with Gasteiger partial charge in [-0.1, -0.05) is 19.1 Å². The van der Waals surface area contributed by atoms with Crippen LogP contribution < -0.4 is 0 Å². The molecule has 5 heteroatoms. The monoisotopic (exact) mass is 306 g/mol. The maximum Gasteiger partial charge on any atom is 0.123 e. The summed E-state index contributed by atoms with van der Waals surface area (Å²) < 4.78 is 18.8. The average molecular weight is 306 g/mol. The van der Waals surface area contributed by atoms with Gasteiger partial charge in [0.1, 0.15) is 5.82 Å². The molecule has 0 N–H and O–H groups in total. The highest BCUT2D eigenvalue weighted by molar-refractivity contribution is 7.09. The summed E-state index contributed by atoms with van der Waals surface area (Å²) in [4.78, 5) is 6.97. The topological polar surface area (TPSA) is 25.4 Å². The van der Waals surface area contributed by atoms with Gasteiger partial charge in [-0.05, 0) is 24.1 Å². The van der Waals surface area contributed by atoms with E-state index in [1.165, 1.54) is 17.1 Å². The van der Waals surface area contributed by atoms with E-state index in [0.29, 0.717) is 6.61 Å². The lowest BCUT2D eigenvalue weighted by Crippen LogP contribution is -2.37. The number of ether oxygens (including phenoxy) is 1. The minimum Gasteiger partial charge on any atom is -0.371 e. The van der Waals surface area contributed by atoms with Gasteiger partial charge in [0.15, 0.2) is 0 Å². The summed E-state index contributed by atoms with van der Waals surface area (Å²) >= 11 is 1.73. The van der Waals surface area contributed by atoms with E-state index in [0.717, 1.165) is 37.3 Å². The average Bonchev–Trinajstić information content (AvgIpc) is 2.96. The molecule has 1 aromatic heterocycles. The number of rotatable bonds is 4. The summed E-state index contributed by atoms with van der Waals surface area (Å²) in [5.41, 5.74) is 2.17. The molecular weight excluding hydrogens is 287 g/mol. The van der Waals surface area contributed by atoms with Crippen molar-refractivity contribution in [1.82, 2.24) is 9.88 Å². The van der Waals surface area contributed by atoms with Crippen molar-refractivity contribution in [3.63, 3.8) is 0 Å². The van der Waals surface area contributed by atoms with Crippen LogP contribution in [0.25, 0.3) is 0 Å². The fourth-order valence-corrected chi connectivity index (χ4v) is 3.27. The number of nitrogens with zero attached hydrogens (tertiary/aromatic N) is 2. The lowest BCUT2D eigenvalue weighted by Gasteiger charge is -2.32. The smallest absolute Gasteiger partial charge is 0.123 e. The molecule has 2 heterocycles. The van der Waals surface area contributed by atoms with Crippen LogP contribution in [0.2, 0.25) is 0 Å². The summed E-state index contributed by atoms with van der Waals surface area (Å²) in [7, 11) is 0. The molecule has 0 radical (unpaired) electrons. The molecule has 112 valence electrons. The fourth-order valence-electron chi connectivity index (χ4n) is 2.54. The van der Waals surface area contributed by atoms with Crippen molar-refractivity contribution < 1.29 is 9.13 Å². The third-order valence-corrected chi connectivity index (χ3v) is 4.72. The van der Waals surface area contributed by atoms with Crippen LogP contribution in [0.15, 0.2) is 29.6 Å². The van der Waals surface area contributed by atoms with Crippen molar-refractivity contribution in [2.45, 2.75) is 26.0 Å². The number of hydrogen-bond acceptors (Lipinski definition) is 4. The predicted molar refractivity (Wildman–Crippen MR) is 81.9 cm³/mol. The molecule has 1 aromatic carbocycles. The van der Waals surface area contributed by atoms with Crippen molar-refractivity contribution in [3.8, 4) is 0 Å². The molecule has 1 fully saturated rings. The third-order valence-electron chi connectivity index (χ3n) is 3.68. The molecule has 1 saturated heterocycles. The van der Waals surface area contributed by atoms with Crippen LogP contribution in [-0.4, -0.2) is 29.6 Å². The first-order chi connectivity index (χ1) is 10.2. The molecule has 21 heavy (non-hydrogen) atoms. The number of aromatic nitrogens is 1. The number of hydrogen-bond donors (Lipinski definition) is 0. The molecule has 1 aliphatic heterocycles. The highest BCUT2D eigenvalue weighted by atomic mass is 32.1. The van der Waals surface area contributed by atoms with Gasteiger partial charge >= 0.3 is 0 Å². The Kier molecular flexibility index (Phi) is 4.63. The minimum atomic E-state index is -0.207. The first-order valence-electron chi connectivity index (χ1n) is 7.27. The van der Waals surface area contributed by atoms with E-state index in [-0.39, 0.29) is 11.9 Å². The Balaban J connectivity index is 1.63. The molecule has 0 aliphatic carbocycles. The molecule has 1 atom stereocenters. The van der Waals surface area contributed by atoms with Crippen molar-refractivity contribution in [2.75, 3.05) is 19.7 Å². The zero-order valence-corrected chi connectivity index (χ0v) is 12.9. The number of morpholine rings is 1. The second-order valence-electron chi connectivity index (χ2n) is 5.23. The van der Waals surface area contributed by atoms with Crippen LogP contribution in [0.5, 0.6) is 0 Å². The third kappa shape index (κ3) is 3.67. The van der Waals surface area contributed by atoms with Gasteiger partial charge in [-0.15, -0.1) is 11.3 Å². The predicted octanol–water partition coefficient (Wildman–Crippen LogP) is 3.42. The molecule has 3 rings (SSSR count). The summed E-state index contributed by atoms with van der Waals surface area (Å²) in [6.07, 6.45) is 1.01. The Morgan fingerprint density at radius 2 is 2.19 bits per heavy atom. The summed E-state index contributed by atoms with van der Waals surface area (Å²) in [5.74, 6) is -0.207. The normalized spacial score (nSPS) is 19.8. The van der Waals surface area contributed by atoms with Gasteiger partial charge in [-0.3, -0.25) is 4.90 Å². The first-order valence-corrected chi connectivity index (χ1v) is 8.15. The van der Waals surface area contributed by atoms with Crippen molar-refractivity contribution in [2.24, 2.45) is 0 Å². The first kappa shape index (κ1) is 14.6. The fraction of sp³-hybridized carbons (Fsp3) is 0.438. The van der Waals surface area contributed by atoms with Crippen LogP contribution in [0, 0.1) is 5.82 Å². The maximum atomic E-state index is 13.0. The second-order valence-corrected chi connectivity index (χ2v) is 6.17. The number of halogens is 1. The van der Waals surface area contributed by atoms with Gasteiger partial charge in [0.2, 0.25) is 0 Å². The second kappa shape index (κ2) is 6.64. The van der Waals surface area contributed by atoms with E-state index in [1.54, 1.807) is 11.3 Å². The highest BCUT2D eigenvalue weighted by Gasteiger charge is 2.22. The van der Waals surface area contributed by atoms with E-state index in [2.05, 4.69) is 22.2 Å². The van der Waals surface area contributed by atoms with E-state index in [1.807, 2.05) is 12.1 Å². The van der Waals surface area contributed by atoms with Gasteiger partial charge in [0, 0.05) is 25.0 Å². The summed E-state index contributed by atoms with van der Waals surface area (Å²) in [6, 6.07) is 6.60. The lowest BCUT2D eigenvalue weighted by atomic mass is 10.1. The molecule has 1 unspecified atom stereocenters. The largest absolute Gasteiger partial charge is 0.371 e. The summed E-state index contributed by atoms with van der Waals surface area (Å²) in [5, 5.41) is 3.33. The number of thiazole rings is 1. The summed E-state index contributed by atoms with van der Waals surface area (Å²) in [6.45, 7) is 5.42. The molecule has 0 spiro atoms. The maximum absolute atomic E-state index is 13.0. The van der Waals surface area contributed by atoms with Crippen LogP contribution in [0.3, 0.4) is 0 Å². The highest BCUT2D eigenvalue weighted by Crippen LogP contribution is 2.23. The SMILES string of the molecule is CCc1nc(CN2CCOC(c3ccc(F)cc3)C2)cs1. The lowest BCUT2D eigenvalue weighted by molar-refractivity contribution is -0.0332. The Labute approximate surface area is 128 Å². The van der Waals surface area contributed by atoms with Crippen molar-refractivity contribution >= 4 is 11.3 Å². The molecular formula is C16H19FN2OS. The van der Waals surface area contributed by atoms with Crippen molar-refractivity contribution in [3.05, 3.63) is 51.7 Å². The Hall–Kier alpha value is -1.30. The quantitative estimate of drug-likeness (QED) is 0.865. The van der Waals surface area contributed by atoms with Gasteiger partial charge < -0.3 is 4.74 Å². The van der Waals surface area contributed by atoms with E-state index in [9.17, 15) is 4.39 Å². The number of benzene rings is 1. The van der Waals surface area contributed by atoms with E-state index >= 15 is 0 Å². The van der Waals surface area contributed by atoms with Gasteiger partial charge in [-0.2, -0.15) is 0 Å².